The normalized spacial score (nSPS) is 19.3. The Morgan fingerprint density at radius 1 is 1.17 bits per heavy atom. The number of carbonyl (C=O) groups excluding carboxylic acids is 1. The first-order chi connectivity index (χ1) is 14.5. The van der Waals surface area contributed by atoms with Crippen molar-refractivity contribution in [3.8, 4) is 5.75 Å². The van der Waals surface area contributed by atoms with Gasteiger partial charge in [0.1, 0.15) is 18.0 Å². The lowest BCUT2D eigenvalue weighted by molar-refractivity contribution is -0.140. The second-order valence-corrected chi connectivity index (χ2v) is 8.91. The molecule has 30 heavy (non-hydrogen) atoms. The Balaban J connectivity index is 1.82. The van der Waals surface area contributed by atoms with E-state index in [0.29, 0.717) is 13.2 Å². The fourth-order valence-corrected chi connectivity index (χ4v) is 3.97. The highest BCUT2D eigenvalue weighted by molar-refractivity contribution is 5.97. The monoisotopic (exact) mass is 418 g/mol. The van der Waals surface area contributed by atoms with Crippen LogP contribution in [0.5, 0.6) is 5.75 Å². The molecule has 0 bridgehead atoms. The Hall–Kier alpha value is -1.59. The molecule has 0 unspecified atom stereocenters. The lowest BCUT2D eigenvalue weighted by Crippen LogP contribution is -2.43. The van der Waals surface area contributed by atoms with Gasteiger partial charge in [-0.1, -0.05) is 40.0 Å². The summed E-state index contributed by atoms with van der Waals surface area (Å²) in [6.07, 6.45) is 7.50. The first-order valence-electron chi connectivity index (χ1n) is 11.9. The minimum Gasteiger partial charge on any atom is -0.492 e. The Bertz CT molecular complexity index is 619. The fourth-order valence-electron chi connectivity index (χ4n) is 3.97. The van der Waals surface area contributed by atoms with Gasteiger partial charge < -0.3 is 14.8 Å². The van der Waals surface area contributed by atoms with Gasteiger partial charge in [0.15, 0.2) is 0 Å². The average molecular weight is 419 g/mol. The van der Waals surface area contributed by atoms with Crippen LogP contribution in [0.1, 0.15) is 72.6 Å². The third kappa shape index (κ3) is 8.27. The van der Waals surface area contributed by atoms with Crippen LogP contribution in [0.15, 0.2) is 24.3 Å². The molecule has 1 N–H and O–H groups in total. The molecule has 0 saturated carbocycles. The van der Waals surface area contributed by atoms with Crippen molar-refractivity contribution in [3.63, 3.8) is 0 Å². The van der Waals surface area contributed by atoms with Gasteiger partial charge in [0.25, 0.3) is 5.91 Å². The van der Waals surface area contributed by atoms with Crippen LogP contribution >= 0.6 is 0 Å². The van der Waals surface area contributed by atoms with Gasteiger partial charge in [-0.2, -0.15) is 0 Å². The molecule has 1 aromatic rings. The third-order valence-corrected chi connectivity index (χ3v) is 5.89. The summed E-state index contributed by atoms with van der Waals surface area (Å²) in [5, 5.41) is 3.03. The molecule has 0 spiro atoms. The molecule has 1 heterocycles. The van der Waals surface area contributed by atoms with Crippen molar-refractivity contribution in [1.82, 2.24) is 4.90 Å². The van der Waals surface area contributed by atoms with Crippen LogP contribution in [-0.2, 0) is 9.53 Å². The highest BCUT2D eigenvalue weighted by Crippen LogP contribution is 2.24. The van der Waals surface area contributed by atoms with E-state index in [-0.39, 0.29) is 5.91 Å². The van der Waals surface area contributed by atoms with Gasteiger partial charge in [0.2, 0.25) is 0 Å². The summed E-state index contributed by atoms with van der Waals surface area (Å²) in [4.78, 5) is 15.4. The lowest BCUT2D eigenvalue weighted by Gasteiger charge is -2.30. The van der Waals surface area contributed by atoms with E-state index >= 15 is 0 Å². The van der Waals surface area contributed by atoms with Crippen molar-refractivity contribution in [2.24, 2.45) is 5.92 Å². The van der Waals surface area contributed by atoms with Crippen molar-refractivity contribution >= 4 is 11.6 Å². The molecule has 1 aromatic carbocycles. The summed E-state index contributed by atoms with van der Waals surface area (Å²) in [5.41, 5.74) is -0.00891. The number of hydrogen-bond acceptors (Lipinski definition) is 4. The molecule has 2 atom stereocenters. The Kier molecular flexibility index (Phi) is 10.7. The summed E-state index contributed by atoms with van der Waals surface area (Å²) in [6.45, 7) is 13.1. The van der Waals surface area contributed by atoms with E-state index in [1.54, 1.807) is 0 Å². The maximum atomic E-state index is 12.9. The fraction of sp³-hybridized carbons (Fsp3) is 0.720. The van der Waals surface area contributed by atoms with Gasteiger partial charge in [0.05, 0.1) is 0 Å². The van der Waals surface area contributed by atoms with E-state index in [0.717, 1.165) is 56.0 Å². The number of likely N-dealkylation sites (tertiary alicyclic amines) is 1. The van der Waals surface area contributed by atoms with Crippen molar-refractivity contribution in [3.05, 3.63) is 24.3 Å². The number of carbonyl (C=O) groups is 1. The SMILES string of the molecule is CCCCC[C@](C)(OCCC)C(=O)Nc1ccc(OCCN2CCC[C@H](C)C2)cc1. The largest absolute Gasteiger partial charge is 0.492 e. The number of rotatable bonds is 13. The standard InChI is InChI=1S/C25H42N2O3/c1-5-7-8-15-25(4,30-18-6-2)24(28)26-22-11-13-23(14-12-22)29-19-17-27-16-9-10-21(3)20-27/h11-14,21H,5-10,15-20H2,1-4H3,(H,26,28)/t21-,25-/m0/s1. The molecule has 0 radical (unpaired) electrons. The van der Waals surface area contributed by atoms with E-state index in [9.17, 15) is 4.79 Å². The number of benzene rings is 1. The lowest BCUT2D eigenvalue weighted by atomic mass is 9.96. The van der Waals surface area contributed by atoms with Crippen LogP contribution in [0.3, 0.4) is 0 Å². The molecule has 2 rings (SSSR count). The van der Waals surface area contributed by atoms with E-state index in [1.807, 2.05) is 31.2 Å². The molecule has 1 aliphatic rings. The van der Waals surface area contributed by atoms with Gasteiger partial charge in [-0.3, -0.25) is 9.69 Å². The number of piperidine rings is 1. The van der Waals surface area contributed by atoms with Gasteiger partial charge >= 0.3 is 0 Å². The predicted octanol–water partition coefficient (Wildman–Crippen LogP) is 5.50. The van der Waals surface area contributed by atoms with Crippen molar-refractivity contribution in [1.29, 1.82) is 0 Å². The number of anilines is 1. The molecule has 5 nitrogen and oxygen atoms in total. The van der Waals surface area contributed by atoms with Gasteiger partial charge in [-0.05, 0) is 69.3 Å². The van der Waals surface area contributed by atoms with Gasteiger partial charge in [-0.25, -0.2) is 0 Å². The van der Waals surface area contributed by atoms with Crippen LogP contribution < -0.4 is 10.1 Å². The third-order valence-electron chi connectivity index (χ3n) is 5.89. The predicted molar refractivity (Wildman–Crippen MR) is 124 cm³/mol. The number of hydrogen-bond donors (Lipinski definition) is 1. The zero-order chi connectivity index (χ0) is 21.8. The molecular weight excluding hydrogens is 376 g/mol. The smallest absolute Gasteiger partial charge is 0.256 e. The van der Waals surface area contributed by atoms with Crippen molar-refractivity contribution < 1.29 is 14.3 Å². The molecule has 0 aromatic heterocycles. The van der Waals surface area contributed by atoms with Crippen LogP contribution in [0.25, 0.3) is 0 Å². The van der Waals surface area contributed by atoms with Crippen LogP contribution in [0, 0.1) is 5.92 Å². The van der Waals surface area contributed by atoms with Gasteiger partial charge in [0, 0.05) is 25.4 Å². The maximum Gasteiger partial charge on any atom is 0.256 e. The topological polar surface area (TPSA) is 50.8 Å². The second-order valence-electron chi connectivity index (χ2n) is 8.91. The summed E-state index contributed by atoms with van der Waals surface area (Å²) in [6, 6.07) is 7.66. The summed E-state index contributed by atoms with van der Waals surface area (Å²) in [5.74, 6) is 1.56. The Morgan fingerprint density at radius 2 is 1.93 bits per heavy atom. The molecule has 1 aliphatic heterocycles. The quantitative estimate of drug-likeness (QED) is 0.430. The minimum absolute atomic E-state index is 0.0695. The first kappa shape index (κ1) is 24.7. The summed E-state index contributed by atoms with van der Waals surface area (Å²) < 4.78 is 11.9. The Morgan fingerprint density at radius 3 is 2.60 bits per heavy atom. The first-order valence-corrected chi connectivity index (χ1v) is 11.9. The number of amides is 1. The molecule has 5 heteroatoms. The second kappa shape index (κ2) is 13.0. The Labute approximate surface area is 183 Å². The van der Waals surface area contributed by atoms with Gasteiger partial charge in [-0.15, -0.1) is 0 Å². The number of unbranched alkanes of at least 4 members (excludes halogenated alkanes) is 2. The minimum atomic E-state index is -0.786. The molecule has 170 valence electrons. The summed E-state index contributed by atoms with van der Waals surface area (Å²) >= 11 is 0. The van der Waals surface area contributed by atoms with E-state index in [1.165, 1.54) is 25.9 Å². The number of ether oxygens (including phenoxy) is 2. The van der Waals surface area contributed by atoms with E-state index < -0.39 is 5.60 Å². The molecule has 1 amide bonds. The molecule has 1 fully saturated rings. The van der Waals surface area contributed by atoms with E-state index in [2.05, 4.69) is 31.0 Å². The number of nitrogens with zero attached hydrogens (tertiary/aromatic N) is 1. The summed E-state index contributed by atoms with van der Waals surface area (Å²) in [7, 11) is 0. The highest BCUT2D eigenvalue weighted by atomic mass is 16.5. The van der Waals surface area contributed by atoms with Crippen LogP contribution in [-0.4, -0.2) is 49.3 Å². The highest BCUT2D eigenvalue weighted by Gasteiger charge is 2.33. The molecule has 0 aliphatic carbocycles. The molecular formula is C25H42N2O3. The molecule has 1 saturated heterocycles. The van der Waals surface area contributed by atoms with Crippen LogP contribution in [0.2, 0.25) is 0 Å². The van der Waals surface area contributed by atoms with Crippen LogP contribution in [0.4, 0.5) is 5.69 Å². The number of nitrogens with one attached hydrogen (secondary N) is 1. The zero-order valence-electron chi connectivity index (χ0n) is 19.5. The van der Waals surface area contributed by atoms with Crippen molar-refractivity contribution in [2.45, 2.75) is 78.2 Å². The van der Waals surface area contributed by atoms with Crippen molar-refractivity contribution in [2.75, 3.05) is 38.2 Å². The maximum absolute atomic E-state index is 12.9. The average Bonchev–Trinajstić information content (AvgIpc) is 2.74. The zero-order valence-corrected chi connectivity index (χ0v) is 19.5. The van der Waals surface area contributed by atoms with E-state index in [4.69, 9.17) is 9.47 Å².